The molecule has 0 radical (unpaired) electrons. The van der Waals surface area contributed by atoms with Gasteiger partial charge < -0.3 is 20.5 Å². The number of carbonyl (C=O) groups is 1. The Bertz CT molecular complexity index is 770. The molecule has 1 aromatic carbocycles. The van der Waals surface area contributed by atoms with E-state index in [0.717, 1.165) is 13.0 Å². The van der Waals surface area contributed by atoms with Gasteiger partial charge in [-0.15, -0.1) is 17.0 Å². The zero-order valence-corrected chi connectivity index (χ0v) is 16.4. The molecule has 0 saturated carbocycles. The quantitative estimate of drug-likeness (QED) is 0.366. The summed E-state index contributed by atoms with van der Waals surface area (Å²) in [7, 11) is 0. The molecule has 2 aromatic rings. The maximum atomic E-state index is 12.2. The van der Waals surface area contributed by atoms with Crippen molar-refractivity contribution < 1.29 is 19.1 Å². The van der Waals surface area contributed by atoms with Crippen LogP contribution in [-0.2, 0) is 9.53 Å². The highest BCUT2D eigenvalue weighted by Gasteiger charge is 2.22. The molecular formula is C14H17Br2N5O4. The highest BCUT2D eigenvalue weighted by atomic mass is 79.9. The number of hydrogen-bond donors (Lipinski definition) is 2. The van der Waals surface area contributed by atoms with Gasteiger partial charge in [-0.3, -0.25) is 10.1 Å². The normalized spacial score (nSPS) is 16.4. The topological polar surface area (TPSA) is 117 Å². The Kier molecular flexibility index (Phi) is 6.73. The molecule has 25 heavy (non-hydrogen) atoms. The third-order valence-corrected chi connectivity index (χ3v) is 4.16. The molecule has 2 heterocycles. The number of esters is 1. The number of halogens is 2. The molecule has 9 nitrogen and oxygen atoms in total. The lowest BCUT2D eigenvalue weighted by molar-refractivity contribution is -0.672. The number of hydrogen-bond acceptors (Lipinski definition) is 7. The van der Waals surface area contributed by atoms with E-state index in [0.29, 0.717) is 20.6 Å². The Morgan fingerprint density at radius 1 is 1.44 bits per heavy atom. The van der Waals surface area contributed by atoms with E-state index in [9.17, 15) is 15.2 Å². The van der Waals surface area contributed by atoms with Crippen molar-refractivity contribution in [2.45, 2.75) is 18.9 Å². The molecule has 1 saturated heterocycles. The first-order chi connectivity index (χ1) is 11.5. The van der Waals surface area contributed by atoms with Crippen molar-refractivity contribution in [3.63, 3.8) is 0 Å². The van der Waals surface area contributed by atoms with Gasteiger partial charge in [0.1, 0.15) is 6.10 Å². The van der Waals surface area contributed by atoms with Crippen LogP contribution >= 0.6 is 32.9 Å². The third-order valence-electron chi connectivity index (χ3n) is 3.67. The summed E-state index contributed by atoms with van der Waals surface area (Å²) in [6, 6.07) is 4.70. The maximum Gasteiger partial charge on any atom is 0.460 e. The van der Waals surface area contributed by atoms with Crippen LogP contribution in [0.1, 0.15) is 12.8 Å². The molecule has 1 atom stereocenters. The van der Waals surface area contributed by atoms with Gasteiger partial charge in [0.15, 0.2) is 5.52 Å². The van der Waals surface area contributed by atoms with Gasteiger partial charge in [0.05, 0.1) is 13.0 Å². The van der Waals surface area contributed by atoms with Gasteiger partial charge in [-0.1, -0.05) is 15.9 Å². The number of ether oxygens (including phenoxy) is 1. The summed E-state index contributed by atoms with van der Waals surface area (Å²) in [6.07, 6.45) is 0.788. The van der Waals surface area contributed by atoms with Gasteiger partial charge in [0, 0.05) is 21.9 Å². The predicted octanol–water partition coefficient (Wildman–Crippen LogP) is 0.549. The Morgan fingerprint density at radius 2 is 2.24 bits per heavy atom. The van der Waals surface area contributed by atoms with Gasteiger partial charge in [0.25, 0.3) is 0 Å². The Labute approximate surface area is 162 Å². The highest BCUT2D eigenvalue weighted by molar-refractivity contribution is 9.10. The first-order valence-corrected chi connectivity index (χ1v) is 8.30. The van der Waals surface area contributed by atoms with Crippen molar-refractivity contribution >= 4 is 55.9 Å². The monoisotopic (exact) mass is 477 g/mol. The number of nitrogens with one attached hydrogen (secondary N) is 2. The summed E-state index contributed by atoms with van der Waals surface area (Å²) in [6.45, 7) is 1.65. The molecule has 1 fully saturated rings. The van der Waals surface area contributed by atoms with Crippen LogP contribution in [0.15, 0.2) is 22.7 Å². The zero-order valence-electron chi connectivity index (χ0n) is 13.1. The van der Waals surface area contributed by atoms with Crippen molar-refractivity contribution in [3.05, 3.63) is 33.1 Å². The number of nitrogens with zero attached hydrogens (tertiary/aromatic N) is 3. The molecule has 0 amide bonds. The van der Waals surface area contributed by atoms with Crippen molar-refractivity contribution in [1.82, 2.24) is 10.4 Å². The average Bonchev–Trinajstić information content (AvgIpc) is 3.05. The minimum absolute atomic E-state index is 0. The molecule has 0 aliphatic carbocycles. The number of aromatic nitrogens is 3. The van der Waals surface area contributed by atoms with Crippen LogP contribution in [0.3, 0.4) is 0 Å². The molecule has 1 aliphatic rings. The van der Waals surface area contributed by atoms with Crippen LogP contribution in [0.25, 0.3) is 11.0 Å². The van der Waals surface area contributed by atoms with E-state index in [4.69, 9.17) is 4.74 Å². The largest absolute Gasteiger partial charge is 0.739 e. The molecule has 1 aliphatic heterocycles. The van der Waals surface area contributed by atoms with Crippen LogP contribution in [0.5, 0.6) is 0 Å². The van der Waals surface area contributed by atoms with Crippen molar-refractivity contribution in [2.75, 3.05) is 25.0 Å². The van der Waals surface area contributed by atoms with Gasteiger partial charge in [-0.2, -0.15) is 0 Å². The van der Waals surface area contributed by atoms with Crippen LogP contribution < -0.4 is 20.2 Å². The van der Waals surface area contributed by atoms with E-state index in [-0.39, 0.29) is 59.0 Å². The van der Waals surface area contributed by atoms with Crippen molar-refractivity contribution in [1.29, 1.82) is 0 Å². The lowest BCUT2D eigenvalue weighted by Gasteiger charge is -2.11. The fourth-order valence-corrected chi connectivity index (χ4v) is 2.82. The van der Waals surface area contributed by atoms with Gasteiger partial charge in [0.2, 0.25) is 5.10 Å². The highest BCUT2D eigenvalue weighted by Crippen LogP contribution is 2.14. The molecule has 0 spiro atoms. The Balaban J connectivity index is 0.00000225. The van der Waals surface area contributed by atoms with E-state index in [2.05, 4.69) is 31.7 Å². The minimum Gasteiger partial charge on any atom is -0.739 e. The molecular weight excluding hydrogens is 462 g/mol. The number of carbonyl (C=O) groups excluding carboxylic acids is 1. The number of fused-ring (bicyclic) bond motifs is 1. The molecule has 1 unspecified atom stereocenters. The first kappa shape index (κ1) is 19.6. The number of anilines is 1. The fraction of sp³-hybridized carbons (Fsp3) is 0.429. The summed E-state index contributed by atoms with van der Waals surface area (Å²) in [5.41, 5.74) is 0.336. The molecule has 11 heteroatoms. The summed E-state index contributed by atoms with van der Waals surface area (Å²) < 4.78 is 6.47. The van der Waals surface area contributed by atoms with Gasteiger partial charge >= 0.3 is 17.4 Å². The summed E-state index contributed by atoms with van der Waals surface area (Å²) >= 11 is 3.24. The number of benzene rings is 1. The standard InChI is InChI=1S/C14H16BrN5O4.BrH/c15-9-1-2-11-12(7-9)20(23)18-14(19(11)22)17-6-4-13(21)24-10-3-5-16-8-10;/h1-2,7,10,16H,3-6,8H2,(H,17,18);1H. The summed E-state index contributed by atoms with van der Waals surface area (Å²) in [4.78, 5) is 12.1. The number of rotatable bonds is 5. The third kappa shape index (κ3) is 4.67. The average molecular weight is 479 g/mol. The SMILES string of the molecule is Br.O=C(CCNc1n[n+]([O-])c2cc(Br)ccc2[n+]1[O-])OC1CCNC1. The van der Waals surface area contributed by atoms with E-state index in [1.807, 2.05) is 0 Å². The lowest BCUT2D eigenvalue weighted by Crippen LogP contribution is -2.44. The molecule has 2 N–H and O–H groups in total. The second kappa shape index (κ2) is 8.59. The van der Waals surface area contributed by atoms with E-state index in [1.54, 1.807) is 6.07 Å². The van der Waals surface area contributed by atoms with Crippen LogP contribution in [0, 0.1) is 10.4 Å². The lowest BCUT2D eigenvalue weighted by atomic mass is 10.3. The Morgan fingerprint density at radius 3 is 2.96 bits per heavy atom. The van der Waals surface area contributed by atoms with E-state index in [1.165, 1.54) is 12.1 Å². The molecule has 3 rings (SSSR count). The van der Waals surface area contributed by atoms with Crippen molar-refractivity contribution in [2.24, 2.45) is 0 Å². The van der Waals surface area contributed by atoms with E-state index >= 15 is 0 Å². The maximum absolute atomic E-state index is 12.2. The van der Waals surface area contributed by atoms with E-state index < -0.39 is 0 Å². The first-order valence-electron chi connectivity index (χ1n) is 7.51. The second-order valence-electron chi connectivity index (χ2n) is 5.41. The van der Waals surface area contributed by atoms with Crippen LogP contribution in [-0.4, -0.2) is 36.8 Å². The molecule has 0 bridgehead atoms. The summed E-state index contributed by atoms with van der Waals surface area (Å²) in [5, 5.41) is 33.6. The van der Waals surface area contributed by atoms with Gasteiger partial charge in [-0.25, -0.2) is 4.73 Å². The molecule has 136 valence electrons. The predicted molar refractivity (Wildman–Crippen MR) is 98.2 cm³/mol. The van der Waals surface area contributed by atoms with Crippen molar-refractivity contribution in [3.8, 4) is 0 Å². The Hall–Kier alpha value is -1.72. The molecule has 1 aromatic heterocycles. The van der Waals surface area contributed by atoms with Crippen LogP contribution in [0.2, 0.25) is 0 Å². The van der Waals surface area contributed by atoms with Crippen LogP contribution in [0.4, 0.5) is 5.95 Å². The fourth-order valence-electron chi connectivity index (χ4n) is 2.47. The zero-order chi connectivity index (χ0) is 17.1. The smallest absolute Gasteiger partial charge is 0.460 e. The second-order valence-corrected chi connectivity index (χ2v) is 6.32. The minimum atomic E-state index is -0.353. The summed E-state index contributed by atoms with van der Waals surface area (Å²) in [5.74, 6) is -0.511. The van der Waals surface area contributed by atoms with Gasteiger partial charge in [-0.05, 0) is 25.1 Å².